The summed E-state index contributed by atoms with van der Waals surface area (Å²) in [7, 11) is -3.11. The molecular formula is C26H35NO4S. The number of sulfone groups is 1. The number of nitrogens with zero attached hydrogens (tertiary/aromatic N) is 1. The monoisotopic (exact) mass is 457 g/mol. The van der Waals surface area contributed by atoms with Gasteiger partial charge < -0.3 is 9.64 Å². The van der Waals surface area contributed by atoms with Crippen LogP contribution in [0.25, 0.3) is 0 Å². The summed E-state index contributed by atoms with van der Waals surface area (Å²) in [5, 5.41) is 0. The Morgan fingerprint density at radius 3 is 2.19 bits per heavy atom. The summed E-state index contributed by atoms with van der Waals surface area (Å²) >= 11 is 0. The maximum absolute atomic E-state index is 13.4. The number of hydrogen-bond acceptors (Lipinski definition) is 4. The normalized spacial score (nSPS) is 18.0. The van der Waals surface area contributed by atoms with E-state index < -0.39 is 9.84 Å². The van der Waals surface area contributed by atoms with Crippen molar-refractivity contribution >= 4 is 15.7 Å². The molecule has 0 saturated carbocycles. The summed E-state index contributed by atoms with van der Waals surface area (Å²) in [6.07, 6.45) is 0.476. The SMILES string of the molecule is CC(C)COc1ccc(C(=O)N(Cc2ccc(C(C)(C)C)cc2)[C@H]2CCS(=O)(=O)C2)cc1. The Morgan fingerprint density at radius 2 is 1.69 bits per heavy atom. The highest BCUT2D eigenvalue weighted by atomic mass is 32.2. The van der Waals surface area contributed by atoms with Gasteiger partial charge in [-0.15, -0.1) is 0 Å². The molecule has 5 nitrogen and oxygen atoms in total. The Bertz CT molecular complexity index is 1020. The first-order chi connectivity index (χ1) is 14.9. The number of benzene rings is 2. The van der Waals surface area contributed by atoms with Crippen LogP contribution in [0.3, 0.4) is 0 Å². The third kappa shape index (κ3) is 6.35. The fraction of sp³-hybridized carbons (Fsp3) is 0.500. The quantitative estimate of drug-likeness (QED) is 0.596. The first kappa shape index (κ1) is 24.3. The van der Waals surface area contributed by atoms with Crippen molar-refractivity contribution in [2.45, 2.75) is 59.0 Å². The average Bonchev–Trinajstić information content (AvgIpc) is 3.09. The molecule has 0 radical (unpaired) electrons. The van der Waals surface area contributed by atoms with E-state index in [1.54, 1.807) is 29.2 Å². The van der Waals surface area contributed by atoms with Gasteiger partial charge in [0.2, 0.25) is 0 Å². The minimum Gasteiger partial charge on any atom is -0.493 e. The van der Waals surface area contributed by atoms with Crippen LogP contribution < -0.4 is 4.74 Å². The molecule has 6 heteroatoms. The molecule has 32 heavy (non-hydrogen) atoms. The molecule has 2 aromatic rings. The molecule has 3 rings (SSSR count). The molecule has 0 aromatic heterocycles. The Labute approximate surface area is 192 Å². The Kier molecular flexibility index (Phi) is 7.33. The average molecular weight is 458 g/mol. The van der Waals surface area contributed by atoms with Crippen molar-refractivity contribution in [3.05, 3.63) is 65.2 Å². The second-order valence-corrected chi connectivity index (χ2v) is 12.4. The van der Waals surface area contributed by atoms with Gasteiger partial charge in [-0.1, -0.05) is 58.9 Å². The fourth-order valence-corrected chi connectivity index (χ4v) is 5.55. The van der Waals surface area contributed by atoms with E-state index in [1.807, 2.05) is 12.1 Å². The smallest absolute Gasteiger partial charge is 0.254 e. The summed E-state index contributed by atoms with van der Waals surface area (Å²) in [5.74, 6) is 1.15. The molecule has 2 aromatic carbocycles. The topological polar surface area (TPSA) is 63.7 Å². The van der Waals surface area contributed by atoms with Crippen LogP contribution in [0, 0.1) is 5.92 Å². The third-order valence-corrected chi connectivity index (χ3v) is 7.52. The van der Waals surface area contributed by atoms with Gasteiger partial charge in [-0.05, 0) is 53.1 Å². The summed E-state index contributed by atoms with van der Waals surface area (Å²) in [6.45, 7) is 11.7. The molecule has 1 atom stereocenters. The van der Waals surface area contributed by atoms with Gasteiger partial charge in [-0.2, -0.15) is 0 Å². The molecule has 1 aliphatic heterocycles. The second kappa shape index (κ2) is 9.65. The van der Waals surface area contributed by atoms with E-state index in [2.05, 4.69) is 46.8 Å². The molecule has 1 aliphatic rings. The summed E-state index contributed by atoms with van der Waals surface area (Å²) in [4.78, 5) is 15.2. The third-order valence-electron chi connectivity index (χ3n) is 5.77. The zero-order chi connectivity index (χ0) is 23.5. The lowest BCUT2D eigenvalue weighted by molar-refractivity contribution is 0.0681. The highest BCUT2D eigenvalue weighted by molar-refractivity contribution is 7.91. The summed E-state index contributed by atoms with van der Waals surface area (Å²) < 4.78 is 30.0. The Balaban J connectivity index is 1.82. The van der Waals surface area contributed by atoms with Gasteiger partial charge in [0, 0.05) is 18.2 Å². The van der Waals surface area contributed by atoms with Crippen LogP contribution in [-0.2, 0) is 21.8 Å². The standard InChI is InChI=1S/C26H35NO4S/c1-19(2)17-31-24-12-8-21(9-13-24)25(28)27(23-14-15-32(29,30)18-23)16-20-6-10-22(11-7-20)26(3,4)5/h6-13,19,23H,14-18H2,1-5H3/t23-/m0/s1. The molecule has 1 amide bonds. The lowest BCUT2D eigenvalue weighted by atomic mass is 9.86. The van der Waals surface area contributed by atoms with Crippen LogP contribution in [0.4, 0.5) is 0 Å². The van der Waals surface area contributed by atoms with Crippen molar-refractivity contribution in [3.63, 3.8) is 0 Å². The molecular weight excluding hydrogens is 422 g/mol. The van der Waals surface area contributed by atoms with Gasteiger partial charge in [-0.3, -0.25) is 4.79 Å². The molecule has 0 N–H and O–H groups in total. The number of carbonyl (C=O) groups is 1. The van der Waals surface area contributed by atoms with Crippen LogP contribution in [0.15, 0.2) is 48.5 Å². The van der Waals surface area contributed by atoms with E-state index in [4.69, 9.17) is 4.74 Å². The minimum absolute atomic E-state index is 0.0222. The molecule has 0 unspecified atom stereocenters. The summed E-state index contributed by atoms with van der Waals surface area (Å²) in [5.41, 5.74) is 2.80. The Morgan fingerprint density at radius 1 is 1.06 bits per heavy atom. The van der Waals surface area contributed by atoms with Crippen molar-refractivity contribution in [1.29, 1.82) is 0 Å². The van der Waals surface area contributed by atoms with E-state index in [-0.39, 0.29) is 28.9 Å². The zero-order valence-electron chi connectivity index (χ0n) is 19.8. The number of hydrogen-bond donors (Lipinski definition) is 0. The predicted molar refractivity (Wildman–Crippen MR) is 129 cm³/mol. The number of carbonyl (C=O) groups excluding carboxylic acids is 1. The van der Waals surface area contributed by atoms with Crippen molar-refractivity contribution in [2.75, 3.05) is 18.1 Å². The van der Waals surface area contributed by atoms with Gasteiger partial charge in [0.05, 0.1) is 18.1 Å². The number of rotatable bonds is 7. The van der Waals surface area contributed by atoms with Crippen LogP contribution in [-0.4, -0.2) is 43.4 Å². The molecule has 0 spiro atoms. The number of ether oxygens (including phenoxy) is 1. The zero-order valence-corrected chi connectivity index (χ0v) is 20.6. The summed E-state index contributed by atoms with van der Waals surface area (Å²) in [6, 6.07) is 15.1. The molecule has 174 valence electrons. The van der Waals surface area contributed by atoms with E-state index in [1.165, 1.54) is 5.56 Å². The van der Waals surface area contributed by atoms with Gasteiger partial charge in [0.25, 0.3) is 5.91 Å². The van der Waals surface area contributed by atoms with E-state index >= 15 is 0 Å². The lowest BCUT2D eigenvalue weighted by Gasteiger charge is -2.29. The maximum atomic E-state index is 13.4. The van der Waals surface area contributed by atoms with Crippen LogP contribution >= 0.6 is 0 Å². The van der Waals surface area contributed by atoms with Crippen molar-refractivity contribution in [2.24, 2.45) is 5.92 Å². The lowest BCUT2D eigenvalue weighted by Crippen LogP contribution is -2.40. The van der Waals surface area contributed by atoms with Crippen LogP contribution in [0.1, 0.15) is 62.5 Å². The van der Waals surface area contributed by atoms with Gasteiger partial charge in [0.1, 0.15) is 5.75 Å². The number of amides is 1. The van der Waals surface area contributed by atoms with E-state index in [0.717, 1.165) is 11.3 Å². The van der Waals surface area contributed by atoms with Crippen molar-refractivity contribution < 1.29 is 17.9 Å². The van der Waals surface area contributed by atoms with E-state index in [0.29, 0.717) is 31.1 Å². The molecule has 1 heterocycles. The first-order valence-electron chi connectivity index (χ1n) is 11.3. The van der Waals surface area contributed by atoms with Gasteiger partial charge in [-0.25, -0.2) is 8.42 Å². The van der Waals surface area contributed by atoms with Crippen molar-refractivity contribution in [1.82, 2.24) is 4.90 Å². The van der Waals surface area contributed by atoms with Crippen LogP contribution in [0.5, 0.6) is 5.75 Å². The maximum Gasteiger partial charge on any atom is 0.254 e. The molecule has 1 saturated heterocycles. The second-order valence-electron chi connectivity index (χ2n) is 10.2. The predicted octanol–water partition coefficient (Wildman–Crippen LogP) is 4.85. The first-order valence-corrected chi connectivity index (χ1v) is 13.1. The fourth-order valence-electron chi connectivity index (χ4n) is 3.82. The Hall–Kier alpha value is -2.34. The van der Waals surface area contributed by atoms with Crippen LogP contribution in [0.2, 0.25) is 0 Å². The highest BCUT2D eigenvalue weighted by Crippen LogP contribution is 2.26. The van der Waals surface area contributed by atoms with Gasteiger partial charge >= 0.3 is 0 Å². The van der Waals surface area contributed by atoms with Gasteiger partial charge in [0.15, 0.2) is 9.84 Å². The molecule has 0 aliphatic carbocycles. The molecule has 0 bridgehead atoms. The van der Waals surface area contributed by atoms with E-state index in [9.17, 15) is 13.2 Å². The minimum atomic E-state index is -3.11. The highest BCUT2D eigenvalue weighted by Gasteiger charge is 2.35. The molecule has 1 fully saturated rings. The largest absolute Gasteiger partial charge is 0.493 e. The van der Waals surface area contributed by atoms with Crippen molar-refractivity contribution in [3.8, 4) is 5.75 Å².